The molecule has 0 saturated heterocycles. The number of likely N-dealkylation sites (N-methyl/N-ethyl adjacent to an activating group) is 1. The van der Waals surface area contributed by atoms with Crippen molar-refractivity contribution in [3.8, 4) is 17.2 Å². The molecule has 2 rings (SSSR count). The molecule has 0 aliphatic heterocycles. The van der Waals surface area contributed by atoms with Gasteiger partial charge in [0.05, 0.1) is 19.8 Å². The zero-order chi connectivity index (χ0) is 22.1. The molecule has 2 aromatic rings. The Morgan fingerprint density at radius 2 is 1.90 bits per heavy atom. The van der Waals surface area contributed by atoms with Crippen molar-refractivity contribution in [1.29, 1.82) is 0 Å². The summed E-state index contributed by atoms with van der Waals surface area (Å²) in [5.74, 6) is 0.136. The van der Waals surface area contributed by atoms with E-state index in [1.54, 1.807) is 37.4 Å². The van der Waals surface area contributed by atoms with Crippen LogP contribution in [0, 0.1) is 0 Å². The van der Waals surface area contributed by atoms with Gasteiger partial charge < -0.3 is 24.1 Å². The van der Waals surface area contributed by atoms with Gasteiger partial charge in [0, 0.05) is 13.1 Å². The Morgan fingerprint density at radius 1 is 1.13 bits per heavy atom. The summed E-state index contributed by atoms with van der Waals surface area (Å²) in [5.41, 5.74) is 1.16. The number of carbonyl (C=O) groups excluding carboxylic acids is 1. The van der Waals surface area contributed by atoms with E-state index in [2.05, 4.69) is 9.47 Å². The SMILES string of the molecule is COC(=O)c1cccc(OCC(O)CN(C)Cc2ccc(OC(F)F)c(OC)c2)c1. The first-order valence-electron chi connectivity index (χ1n) is 9.12. The molecule has 0 aliphatic carbocycles. The van der Waals surface area contributed by atoms with Crippen LogP contribution in [0.25, 0.3) is 0 Å². The van der Waals surface area contributed by atoms with E-state index in [9.17, 15) is 18.7 Å². The molecule has 1 unspecified atom stereocenters. The van der Waals surface area contributed by atoms with Crippen LogP contribution in [0.5, 0.6) is 17.2 Å². The Balaban J connectivity index is 1.87. The molecule has 0 fully saturated rings. The second kappa shape index (κ2) is 11.3. The van der Waals surface area contributed by atoms with Crippen molar-refractivity contribution in [3.63, 3.8) is 0 Å². The maximum Gasteiger partial charge on any atom is 0.387 e. The minimum atomic E-state index is -2.93. The van der Waals surface area contributed by atoms with E-state index in [1.165, 1.54) is 26.4 Å². The van der Waals surface area contributed by atoms with Crippen LogP contribution in [0.2, 0.25) is 0 Å². The van der Waals surface area contributed by atoms with Gasteiger partial charge in [-0.3, -0.25) is 4.90 Å². The van der Waals surface area contributed by atoms with Gasteiger partial charge in [0.2, 0.25) is 0 Å². The number of hydrogen-bond acceptors (Lipinski definition) is 7. The number of rotatable bonds is 11. The maximum absolute atomic E-state index is 12.4. The first-order chi connectivity index (χ1) is 14.3. The molecule has 0 spiro atoms. The molecule has 0 saturated carbocycles. The predicted octanol–water partition coefficient (Wildman–Crippen LogP) is 2.95. The number of ether oxygens (including phenoxy) is 4. The fraction of sp³-hybridized carbons (Fsp3) is 0.381. The summed E-state index contributed by atoms with van der Waals surface area (Å²) in [4.78, 5) is 13.4. The smallest absolute Gasteiger partial charge is 0.387 e. The third-order valence-corrected chi connectivity index (χ3v) is 4.12. The van der Waals surface area contributed by atoms with Crippen molar-refractivity contribution in [1.82, 2.24) is 4.90 Å². The summed E-state index contributed by atoms with van der Waals surface area (Å²) in [5, 5.41) is 10.2. The number of alkyl halides is 2. The Bertz CT molecular complexity index is 833. The quantitative estimate of drug-likeness (QED) is 0.555. The molecule has 0 heterocycles. The molecule has 2 aromatic carbocycles. The lowest BCUT2D eigenvalue weighted by Crippen LogP contribution is -2.32. The monoisotopic (exact) mass is 425 g/mol. The van der Waals surface area contributed by atoms with Gasteiger partial charge in [-0.1, -0.05) is 12.1 Å². The minimum absolute atomic E-state index is 0.0272. The van der Waals surface area contributed by atoms with E-state index in [-0.39, 0.29) is 18.1 Å². The first kappa shape index (κ1) is 23.4. The van der Waals surface area contributed by atoms with Gasteiger partial charge in [0.25, 0.3) is 0 Å². The molecule has 0 radical (unpaired) electrons. The van der Waals surface area contributed by atoms with Crippen molar-refractivity contribution in [3.05, 3.63) is 53.6 Å². The van der Waals surface area contributed by atoms with Gasteiger partial charge in [-0.25, -0.2) is 4.79 Å². The number of benzene rings is 2. The second-order valence-corrected chi connectivity index (χ2v) is 6.54. The van der Waals surface area contributed by atoms with Crippen LogP contribution >= 0.6 is 0 Å². The van der Waals surface area contributed by atoms with Gasteiger partial charge in [-0.15, -0.1) is 0 Å². The van der Waals surface area contributed by atoms with Crippen LogP contribution < -0.4 is 14.2 Å². The van der Waals surface area contributed by atoms with Crippen LogP contribution in [0.4, 0.5) is 8.78 Å². The first-order valence-corrected chi connectivity index (χ1v) is 9.12. The number of carbonyl (C=O) groups is 1. The summed E-state index contributed by atoms with van der Waals surface area (Å²) in [6.45, 7) is -2.16. The molecule has 7 nitrogen and oxygen atoms in total. The topological polar surface area (TPSA) is 77.5 Å². The van der Waals surface area contributed by atoms with Gasteiger partial charge in [-0.05, 0) is 42.9 Å². The maximum atomic E-state index is 12.4. The third-order valence-electron chi connectivity index (χ3n) is 4.12. The highest BCUT2D eigenvalue weighted by Crippen LogP contribution is 2.29. The highest BCUT2D eigenvalue weighted by Gasteiger charge is 2.14. The van der Waals surface area contributed by atoms with E-state index in [0.29, 0.717) is 24.4 Å². The molecule has 1 N–H and O–H groups in total. The fourth-order valence-corrected chi connectivity index (χ4v) is 2.82. The summed E-state index contributed by atoms with van der Waals surface area (Å²) in [6, 6.07) is 11.2. The number of esters is 1. The number of aliphatic hydroxyl groups excluding tert-OH is 1. The number of hydrogen-bond donors (Lipinski definition) is 1. The second-order valence-electron chi connectivity index (χ2n) is 6.54. The Kier molecular flexibility index (Phi) is 8.82. The predicted molar refractivity (Wildman–Crippen MR) is 105 cm³/mol. The largest absolute Gasteiger partial charge is 0.493 e. The molecule has 0 amide bonds. The molecule has 9 heteroatoms. The van der Waals surface area contributed by atoms with Gasteiger partial charge >= 0.3 is 12.6 Å². The molecular formula is C21H25F2NO6. The van der Waals surface area contributed by atoms with E-state index in [0.717, 1.165) is 5.56 Å². The van der Waals surface area contributed by atoms with Crippen molar-refractivity contribution in [2.45, 2.75) is 19.3 Å². The third kappa shape index (κ3) is 7.16. The van der Waals surface area contributed by atoms with E-state index < -0.39 is 18.7 Å². The molecule has 0 bridgehead atoms. The van der Waals surface area contributed by atoms with E-state index in [1.807, 2.05) is 4.90 Å². The number of halogens is 2. The van der Waals surface area contributed by atoms with Gasteiger partial charge in [0.1, 0.15) is 18.5 Å². The number of aliphatic hydroxyl groups is 1. The summed E-state index contributed by atoms with van der Waals surface area (Å²) >= 11 is 0. The fourth-order valence-electron chi connectivity index (χ4n) is 2.82. The molecule has 30 heavy (non-hydrogen) atoms. The van der Waals surface area contributed by atoms with Crippen LogP contribution in [0.3, 0.4) is 0 Å². The zero-order valence-corrected chi connectivity index (χ0v) is 17.0. The summed E-state index contributed by atoms with van der Waals surface area (Å²) < 4.78 is 44.6. The zero-order valence-electron chi connectivity index (χ0n) is 17.0. The van der Waals surface area contributed by atoms with E-state index >= 15 is 0 Å². The normalized spacial score (nSPS) is 12.0. The van der Waals surface area contributed by atoms with Crippen LogP contribution in [-0.4, -0.2) is 63.1 Å². The standard InChI is InChI=1S/C21H25F2NO6/c1-24(11-14-7-8-18(30-21(22)23)19(9-14)27-2)12-16(25)13-29-17-6-4-5-15(10-17)20(26)28-3/h4-10,16,21,25H,11-13H2,1-3H3. The van der Waals surface area contributed by atoms with Crippen molar-refractivity contribution in [2.24, 2.45) is 0 Å². The summed E-state index contributed by atoms with van der Waals surface area (Å²) in [6.07, 6.45) is -0.792. The van der Waals surface area contributed by atoms with Gasteiger partial charge in [0.15, 0.2) is 11.5 Å². The molecule has 1 atom stereocenters. The van der Waals surface area contributed by atoms with Crippen molar-refractivity contribution in [2.75, 3.05) is 34.4 Å². The Hall–Kier alpha value is -2.91. The van der Waals surface area contributed by atoms with Crippen molar-refractivity contribution >= 4 is 5.97 Å². The number of methoxy groups -OCH3 is 2. The van der Waals surface area contributed by atoms with E-state index in [4.69, 9.17) is 9.47 Å². The lowest BCUT2D eigenvalue weighted by atomic mass is 10.2. The lowest BCUT2D eigenvalue weighted by Gasteiger charge is -2.21. The van der Waals surface area contributed by atoms with Crippen LogP contribution in [0.1, 0.15) is 15.9 Å². The van der Waals surface area contributed by atoms with Crippen LogP contribution in [0.15, 0.2) is 42.5 Å². The minimum Gasteiger partial charge on any atom is -0.493 e. The lowest BCUT2D eigenvalue weighted by molar-refractivity contribution is -0.0512. The Labute approximate surface area is 173 Å². The molecular weight excluding hydrogens is 400 g/mol. The highest BCUT2D eigenvalue weighted by molar-refractivity contribution is 5.89. The molecule has 0 aromatic heterocycles. The highest BCUT2D eigenvalue weighted by atomic mass is 19.3. The average molecular weight is 425 g/mol. The average Bonchev–Trinajstić information content (AvgIpc) is 2.72. The van der Waals surface area contributed by atoms with Crippen LogP contribution in [-0.2, 0) is 11.3 Å². The van der Waals surface area contributed by atoms with Gasteiger partial charge in [-0.2, -0.15) is 8.78 Å². The number of nitrogens with zero attached hydrogens (tertiary/aromatic N) is 1. The Morgan fingerprint density at radius 3 is 2.57 bits per heavy atom. The van der Waals surface area contributed by atoms with Crippen molar-refractivity contribution < 1.29 is 37.6 Å². The molecule has 164 valence electrons. The summed E-state index contributed by atoms with van der Waals surface area (Å²) in [7, 11) is 4.47. The molecule has 0 aliphatic rings.